The summed E-state index contributed by atoms with van der Waals surface area (Å²) in [4.78, 5) is 14.6. The van der Waals surface area contributed by atoms with Gasteiger partial charge in [0, 0.05) is 19.1 Å². The van der Waals surface area contributed by atoms with Gasteiger partial charge in [-0.3, -0.25) is 9.69 Å². The first-order valence-corrected chi connectivity index (χ1v) is 7.91. The second-order valence-corrected chi connectivity index (χ2v) is 6.97. The second kappa shape index (κ2) is 7.07. The number of carbonyl (C=O) groups is 1. The van der Waals surface area contributed by atoms with E-state index < -0.39 is 5.54 Å². The number of nitrogens with one attached hydrogen (secondary N) is 1. The van der Waals surface area contributed by atoms with Gasteiger partial charge in [-0.05, 0) is 55.0 Å². The summed E-state index contributed by atoms with van der Waals surface area (Å²) in [6.45, 7) is 14.4. The Kier molecular flexibility index (Phi) is 6.20. The maximum atomic E-state index is 12.2. The first-order chi connectivity index (χ1) is 9.63. The molecule has 5 nitrogen and oxygen atoms in total. The largest absolute Gasteiger partial charge is 0.465 e. The van der Waals surface area contributed by atoms with Crippen LogP contribution in [0.5, 0.6) is 0 Å². The van der Waals surface area contributed by atoms with E-state index in [1.165, 1.54) is 0 Å². The Morgan fingerprint density at radius 2 is 2.19 bits per heavy atom. The molecule has 1 saturated heterocycles. The Morgan fingerprint density at radius 3 is 2.67 bits per heavy atom. The second-order valence-electron chi connectivity index (χ2n) is 6.97. The number of hydrogen-bond donors (Lipinski definition) is 1. The number of hydrogen-bond acceptors (Lipinski definition) is 5. The average Bonchev–Trinajstić information content (AvgIpc) is 2.36. The maximum absolute atomic E-state index is 12.2. The van der Waals surface area contributed by atoms with Crippen LogP contribution in [0.1, 0.15) is 48.0 Å². The van der Waals surface area contributed by atoms with E-state index >= 15 is 0 Å². The lowest BCUT2D eigenvalue weighted by Crippen LogP contribution is -2.58. The average molecular weight is 300 g/mol. The van der Waals surface area contributed by atoms with E-state index in [0.717, 1.165) is 13.1 Å². The van der Waals surface area contributed by atoms with Crippen molar-refractivity contribution in [1.82, 2.24) is 10.2 Å². The van der Waals surface area contributed by atoms with E-state index in [0.29, 0.717) is 13.0 Å². The molecule has 1 heterocycles. The minimum Gasteiger partial charge on any atom is -0.465 e. The van der Waals surface area contributed by atoms with Crippen molar-refractivity contribution >= 4 is 5.97 Å². The summed E-state index contributed by atoms with van der Waals surface area (Å²) in [7, 11) is 1.81. The molecule has 3 unspecified atom stereocenters. The summed E-state index contributed by atoms with van der Waals surface area (Å²) in [5, 5.41) is 3.13. The van der Waals surface area contributed by atoms with Gasteiger partial charge >= 0.3 is 5.97 Å². The Hall–Kier alpha value is -0.650. The molecule has 0 amide bonds. The first-order valence-electron chi connectivity index (χ1n) is 7.91. The molecule has 0 radical (unpaired) electrons. The van der Waals surface area contributed by atoms with Crippen LogP contribution in [0, 0.1) is 0 Å². The van der Waals surface area contributed by atoms with Gasteiger partial charge in [-0.15, -0.1) is 0 Å². The normalized spacial score (nSPS) is 26.9. The van der Waals surface area contributed by atoms with Gasteiger partial charge < -0.3 is 14.8 Å². The zero-order valence-electron chi connectivity index (χ0n) is 14.7. The molecule has 0 spiro atoms. The van der Waals surface area contributed by atoms with Crippen LogP contribution >= 0.6 is 0 Å². The molecule has 1 N–H and O–H groups in total. The maximum Gasteiger partial charge on any atom is 0.326 e. The number of nitrogens with zero attached hydrogens (tertiary/aromatic N) is 1. The minimum absolute atomic E-state index is 0.147. The smallest absolute Gasteiger partial charge is 0.326 e. The number of morpholine rings is 1. The molecule has 0 aliphatic carbocycles. The molecule has 0 aromatic carbocycles. The lowest BCUT2D eigenvalue weighted by atomic mass is 9.91. The molecule has 1 rings (SSSR count). The van der Waals surface area contributed by atoms with Crippen molar-refractivity contribution in [2.75, 3.05) is 26.7 Å². The van der Waals surface area contributed by atoms with Gasteiger partial charge in [0.2, 0.25) is 0 Å². The van der Waals surface area contributed by atoms with Crippen LogP contribution in [-0.4, -0.2) is 60.9 Å². The van der Waals surface area contributed by atoms with Crippen LogP contribution in [-0.2, 0) is 14.3 Å². The Balaban J connectivity index is 2.73. The van der Waals surface area contributed by atoms with Crippen molar-refractivity contribution in [3.63, 3.8) is 0 Å². The summed E-state index contributed by atoms with van der Waals surface area (Å²) < 4.78 is 11.2. The van der Waals surface area contributed by atoms with E-state index in [9.17, 15) is 4.79 Å². The fourth-order valence-corrected chi connectivity index (χ4v) is 3.14. The number of ether oxygens (including phenoxy) is 2. The Labute approximate surface area is 129 Å². The lowest BCUT2D eigenvalue weighted by Gasteiger charge is -2.45. The highest BCUT2D eigenvalue weighted by Crippen LogP contribution is 2.25. The van der Waals surface area contributed by atoms with Crippen molar-refractivity contribution in [2.24, 2.45) is 0 Å². The van der Waals surface area contributed by atoms with Crippen LogP contribution in [0.25, 0.3) is 0 Å². The van der Waals surface area contributed by atoms with Gasteiger partial charge in [0.05, 0.1) is 18.3 Å². The van der Waals surface area contributed by atoms with E-state index in [-0.39, 0.29) is 23.7 Å². The number of carbonyl (C=O) groups excluding carboxylic acids is 1. The predicted molar refractivity (Wildman–Crippen MR) is 84.4 cm³/mol. The van der Waals surface area contributed by atoms with E-state index in [2.05, 4.69) is 37.9 Å². The molecular formula is C16H32N2O3. The number of rotatable bonds is 6. The molecule has 0 bridgehead atoms. The molecule has 3 atom stereocenters. The highest BCUT2D eigenvalue weighted by molar-refractivity contribution is 5.80. The van der Waals surface area contributed by atoms with E-state index in [1.54, 1.807) is 0 Å². The monoisotopic (exact) mass is 300 g/mol. The molecule has 124 valence electrons. The van der Waals surface area contributed by atoms with Crippen LogP contribution in [0.3, 0.4) is 0 Å². The quantitative estimate of drug-likeness (QED) is 0.758. The van der Waals surface area contributed by atoms with Crippen molar-refractivity contribution in [1.29, 1.82) is 0 Å². The van der Waals surface area contributed by atoms with Crippen molar-refractivity contribution in [2.45, 2.75) is 71.2 Å². The van der Waals surface area contributed by atoms with Crippen LogP contribution < -0.4 is 5.32 Å². The zero-order valence-corrected chi connectivity index (χ0v) is 14.7. The van der Waals surface area contributed by atoms with Gasteiger partial charge in [0.25, 0.3) is 0 Å². The summed E-state index contributed by atoms with van der Waals surface area (Å²) >= 11 is 0. The molecule has 1 aliphatic rings. The van der Waals surface area contributed by atoms with Crippen LogP contribution in [0.15, 0.2) is 0 Å². The third-order valence-corrected chi connectivity index (χ3v) is 4.20. The standard InChI is InChI=1S/C16H32N2O3/c1-8-20-14(19)16(6,17-7)9-12(2)18-10-13(3)21-15(4,5)11-18/h12-13,17H,8-11H2,1-7H3. The molecule has 1 fully saturated rings. The molecular weight excluding hydrogens is 268 g/mol. The van der Waals surface area contributed by atoms with E-state index in [4.69, 9.17) is 9.47 Å². The van der Waals surface area contributed by atoms with Crippen molar-refractivity contribution < 1.29 is 14.3 Å². The molecule has 21 heavy (non-hydrogen) atoms. The third kappa shape index (κ3) is 4.94. The first kappa shape index (κ1) is 18.4. The molecule has 1 aliphatic heterocycles. The highest BCUT2D eigenvalue weighted by atomic mass is 16.5. The SMILES string of the molecule is CCOC(=O)C(C)(CC(C)N1CC(C)OC(C)(C)C1)NC. The summed E-state index contributed by atoms with van der Waals surface area (Å²) in [5.74, 6) is -0.181. The molecule has 0 saturated carbocycles. The van der Waals surface area contributed by atoms with Crippen LogP contribution in [0.4, 0.5) is 0 Å². The molecule has 0 aromatic rings. The van der Waals surface area contributed by atoms with Gasteiger partial charge in [0.1, 0.15) is 5.54 Å². The highest BCUT2D eigenvalue weighted by Gasteiger charge is 2.39. The molecule has 0 aromatic heterocycles. The zero-order chi connectivity index (χ0) is 16.3. The van der Waals surface area contributed by atoms with Gasteiger partial charge in [0.15, 0.2) is 0 Å². The van der Waals surface area contributed by atoms with E-state index in [1.807, 2.05) is 20.9 Å². The number of likely N-dealkylation sites (N-methyl/N-ethyl adjacent to an activating group) is 1. The van der Waals surface area contributed by atoms with Gasteiger partial charge in [-0.1, -0.05) is 0 Å². The third-order valence-electron chi connectivity index (χ3n) is 4.20. The van der Waals surface area contributed by atoms with Crippen LogP contribution in [0.2, 0.25) is 0 Å². The predicted octanol–water partition coefficient (Wildman–Crippen LogP) is 1.81. The van der Waals surface area contributed by atoms with Crippen molar-refractivity contribution in [3.05, 3.63) is 0 Å². The van der Waals surface area contributed by atoms with Gasteiger partial charge in [-0.25, -0.2) is 0 Å². The summed E-state index contributed by atoms with van der Waals surface area (Å²) in [6.07, 6.45) is 0.921. The number of esters is 1. The fraction of sp³-hybridized carbons (Fsp3) is 0.938. The van der Waals surface area contributed by atoms with Gasteiger partial charge in [-0.2, -0.15) is 0 Å². The van der Waals surface area contributed by atoms with Crippen molar-refractivity contribution in [3.8, 4) is 0 Å². The topological polar surface area (TPSA) is 50.8 Å². The summed E-state index contributed by atoms with van der Waals surface area (Å²) in [6, 6.07) is 0.275. The summed E-state index contributed by atoms with van der Waals surface area (Å²) in [5.41, 5.74) is -0.799. The fourth-order valence-electron chi connectivity index (χ4n) is 3.14. The lowest BCUT2D eigenvalue weighted by molar-refractivity contribution is -0.153. The molecule has 5 heteroatoms. The Morgan fingerprint density at radius 1 is 1.57 bits per heavy atom. The Bertz CT molecular complexity index is 359. The minimum atomic E-state index is -0.652.